The first-order chi connectivity index (χ1) is 9.34. The minimum absolute atomic E-state index is 0.213. The molecule has 0 aromatic heterocycles. The molecular formula is C16H28O4. The second kappa shape index (κ2) is 4.94. The van der Waals surface area contributed by atoms with Crippen LogP contribution in [0.1, 0.15) is 52.9 Å². The van der Waals surface area contributed by atoms with E-state index in [4.69, 9.17) is 9.47 Å². The van der Waals surface area contributed by atoms with Gasteiger partial charge in [-0.15, -0.1) is 0 Å². The zero-order chi connectivity index (χ0) is 14.5. The Morgan fingerprint density at radius 1 is 1.00 bits per heavy atom. The van der Waals surface area contributed by atoms with Crippen molar-refractivity contribution >= 4 is 0 Å². The van der Waals surface area contributed by atoms with E-state index in [9.17, 15) is 10.2 Å². The van der Waals surface area contributed by atoms with E-state index in [2.05, 4.69) is 13.8 Å². The van der Waals surface area contributed by atoms with E-state index in [1.807, 2.05) is 0 Å². The first-order valence-corrected chi connectivity index (χ1v) is 8.09. The summed E-state index contributed by atoms with van der Waals surface area (Å²) in [5, 5.41) is 21.8. The molecule has 2 N–H and O–H groups in total. The van der Waals surface area contributed by atoms with Gasteiger partial charge in [-0.3, -0.25) is 0 Å². The summed E-state index contributed by atoms with van der Waals surface area (Å²) in [7, 11) is 0. The maximum atomic E-state index is 11.5. The standard InChI is InChI=1S/C16H28O4/c1-10-6-7-13-11(2)9-19-14-16(13,18)12(10)5-4-8-15(3,17)20-14/h10-14,17-18H,4-9H2,1-3H3/t10?,11-,12?,13?,14+,15?,16?/m0/s1. The van der Waals surface area contributed by atoms with Gasteiger partial charge in [-0.2, -0.15) is 0 Å². The SMILES string of the molecule is CC1CCC2[C@@H](C)CO[C@@H]3OC(C)(O)CCCC1C23O. The van der Waals surface area contributed by atoms with Crippen LogP contribution in [-0.4, -0.2) is 34.5 Å². The average molecular weight is 284 g/mol. The van der Waals surface area contributed by atoms with Crippen molar-refractivity contribution in [3.05, 3.63) is 0 Å². The van der Waals surface area contributed by atoms with Gasteiger partial charge in [0.1, 0.15) is 5.60 Å². The fourth-order valence-electron chi connectivity index (χ4n) is 4.77. The monoisotopic (exact) mass is 284 g/mol. The summed E-state index contributed by atoms with van der Waals surface area (Å²) in [5.41, 5.74) is -0.945. The summed E-state index contributed by atoms with van der Waals surface area (Å²) in [6.07, 6.45) is 3.95. The van der Waals surface area contributed by atoms with E-state index in [1.54, 1.807) is 6.92 Å². The van der Waals surface area contributed by atoms with Crippen LogP contribution >= 0.6 is 0 Å². The van der Waals surface area contributed by atoms with Gasteiger partial charge < -0.3 is 19.7 Å². The first-order valence-electron chi connectivity index (χ1n) is 8.09. The third kappa shape index (κ3) is 2.21. The molecule has 4 nitrogen and oxygen atoms in total. The lowest BCUT2D eigenvalue weighted by molar-refractivity contribution is -0.384. The Morgan fingerprint density at radius 2 is 1.70 bits per heavy atom. The van der Waals surface area contributed by atoms with E-state index in [0.717, 1.165) is 19.3 Å². The van der Waals surface area contributed by atoms with E-state index in [1.165, 1.54) is 6.42 Å². The quantitative estimate of drug-likeness (QED) is 0.716. The van der Waals surface area contributed by atoms with Gasteiger partial charge in [0.05, 0.1) is 6.61 Å². The highest BCUT2D eigenvalue weighted by molar-refractivity contribution is 5.05. The molecule has 0 aromatic carbocycles. The number of hydrogen-bond acceptors (Lipinski definition) is 4. The van der Waals surface area contributed by atoms with Crippen LogP contribution < -0.4 is 0 Å². The highest BCUT2D eigenvalue weighted by Crippen LogP contribution is 2.53. The second-order valence-electron chi connectivity index (χ2n) is 7.48. The molecule has 2 heterocycles. The molecular weight excluding hydrogens is 256 g/mol. The summed E-state index contributed by atoms with van der Waals surface area (Å²) < 4.78 is 11.6. The van der Waals surface area contributed by atoms with Crippen LogP contribution in [0.15, 0.2) is 0 Å². The third-order valence-corrected chi connectivity index (χ3v) is 5.90. The Bertz CT molecular complexity index is 369. The minimum Gasteiger partial charge on any atom is -0.384 e. The first kappa shape index (κ1) is 14.8. The molecule has 2 aliphatic heterocycles. The Labute approximate surface area is 121 Å². The molecule has 3 aliphatic rings. The van der Waals surface area contributed by atoms with Gasteiger partial charge in [0, 0.05) is 6.42 Å². The van der Waals surface area contributed by atoms with Crippen LogP contribution in [0.3, 0.4) is 0 Å². The molecule has 0 radical (unpaired) electrons. The van der Waals surface area contributed by atoms with E-state index in [-0.39, 0.29) is 11.8 Å². The van der Waals surface area contributed by atoms with Crippen molar-refractivity contribution in [2.75, 3.05) is 6.61 Å². The van der Waals surface area contributed by atoms with Gasteiger partial charge in [-0.1, -0.05) is 13.8 Å². The van der Waals surface area contributed by atoms with Gasteiger partial charge >= 0.3 is 0 Å². The molecule has 5 unspecified atom stereocenters. The number of aliphatic hydroxyl groups is 2. The van der Waals surface area contributed by atoms with E-state index >= 15 is 0 Å². The zero-order valence-electron chi connectivity index (χ0n) is 12.8. The summed E-state index contributed by atoms with van der Waals surface area (Å²) >= 11 is 0. The van der Waals surface area contributed by atoms with Gasteiger partial charge in [0.25, 0.3) is 0 Å². The molecule has 1 aliphatic carbocycles. The summed E-state index contributed by atoms with van der Waals surface area (Å²) in [5.74, 6) is 0.0666. The summed E-state index contributed by atoms with van der Waals surface area (Å²) in [6, 6.07) is 0. The highest BCUT2D eigenvalue weighted by Gasteiger charge is 2.60. The van der Waals surface area contributed by atoms with Crippen LogP contribution in [-0.2, 0) is 9.47 Å². The summed E-state index contributed by atoms with van der Waals surface area (Å²) in [6.45, 7) is 6.67. The third-order valence-electron chi connectivity index (χ3n) is 5.90. The molecule has 7 atom stereocenters. The molecule has 0 aromatic rings. The molecule has 1 saturated carbocycles. The zero-order valence-corrected chi connectivity index (χ0v) is 12.8. The van der Waals surface area contributed by atoms with Gasteiger partial charge in [-0.25, -0.2) is 0 Å². The van der Waals surface area contributed by atoms with Crippen molar-refractivity contribution < 1.29 is 19.7 Å². The Kier molecular flexibility index (Phi) is 3.65. The van der Waals surface area contributed by atoms with Crippen LogP contribution in [0.2, 0.25) is 0 Å². The van der Waals surface area contributed by atoms with E-state index < -0.39 is 17.7 Å². The number of hydrogen-bond donors (Lipinski definition) is 2. The average Bonchev–Trinajstić information content (AvgIpc) is 2.35. The van der Waals surface area contributed by atoms with Crippen LogP contribution in [0.4, 0.5) is 0 Å². The Balaban J connectivity index is 1.97. The van der Waals surface area contributed by atoms with Crippen LogP contribution in [0.25, 0.3) is 0 Å². The topological polar surface area (TPSA) is 58.9 Å². The smallest absolute Gasteiger partial charge is 0.190 e. The lowest BCUT2D eigenvalue weighted by Gasteiger charge is -2.58. The Hall–Kier alpha value is -0.160. The molecule has 4 heteroatoms. The summed E-state index contributed by atoms with van der Waals surface area (Å²) in [4.78, 5) is 0. The molecule has 0 amide bonds. The maximum Gasteiger partial charge on any atom is 0.190 e. The Morgan fingerprint density at radius 3 is 2.45 bits per heavy atom. The minimum atomic E-state index is -1.20. The largest absolute Gasteiger partial charge is 0.384 e. The lowest BCUT2D eigenvalue weighted by atomic mass is 9.58. The maximum absolute atomic E-state index is 11.5. The van der Waals surface area contributed by atoms with Crippen molar-refractivity contribution in [1.82, 2.24) is 0 Å². The van der Waals surface area contributed by atoms with Gasteiger partial charge in [-0.05, 0) is 56.3 Å². The van der Waals surface area contributed by atoms with Gasteiger partial charge in [0.2, 0.25) is 0 Å². The predicted molar refractivity (Wildman–Crippen MR) is 74.8 cm³/mol. The molecule has 3 rings (SSSR count). The fraction of sp³-hybridized carbons (Fsp3) is 1.00. The molecule has 20 heavy (non-hydrogen) atoms. The molecule has 116 valence electrons. The van der Waals surface area contributed by atoms with Crippen molar-refractivity contribution in [3.63, 3.8) is 0 Å². The van der Waals surface area contributed by atoms with Crippen LogP contribution in [0, 0.1) is 23.7 Å². The molecule has 2 saturated heterocycles. The lowest BCUT2D eigenvalue weighted by Crippen LogP contribution is -2.66. The molecule has 3 fully saturated rings. The van der Waals surface area contributed by atoms with Crippen LogP contribution in [0.5, 0.6) is 0 Å². The fourth-order valence-corrected chi connectivity index (χ4v) is 4.77. The van der Waals surface area contributed by atoms with Gasteiger partial charge in [0.15, 0.2) is 12.1 Å². The molecule has 0 bridgehead atoms. The molecule has 0 spiro atoms. The van der Waals surface area contributed by atoms with Crippen molar-refractivity contribution in [3.8, 4) is 0 Å². The number of ether oxygens (including phenoxy) is 2. The van der Waals surface area contributed by atoms with Crippen molar-refractivity contribution in [2.24, 2.45) is 23.7 Å². The normalized spacial score (nSPS) is 56.5. The second-order valence-corrected chi connectivity index (χ2v) is 7.48. The highest BCUT2D eigenvalue weighted by atomic mass is 16.7. The van der Waals surface area contributed by atoms with Crippen molar-refractivity contribution in [2.45, 2.75) is 70.6 Å². The number of rotatable bonds is 0. The van der Waals surface area contributed by atoms with Crippen molar-refractivity contribution in [1.29, 1.82) is 0 Å². The predicted octanol–water partition coefficient (Wildman–Crippen LogP) is 2.28. The van der Waals surface area contributed by atoms with E-state index in [0.29, 0.717) is 24.9 Å².